The van der Waals surface area contributed by atoms with Crippen molar-refractivity contribution in [2.45, 2.75) is 13.0 Å². The lowest BCUT2D eigenvalue weighted by Gasteiger charge is -2.37. The second-order valence-corrected chi connectivity index (χ2v) is 7.70. The van der Waals surface area contributed by atoms with Crippen LogP contribution in [0.15, 0.2) is 36.4 Å². The smallest absolute Gasteiger partial charge is 0.227 e. The number of rotatable bonds is 4. The van der Waals surface area contributed by atoms with Gasteiger partial charge in [-0.05, 0) is 30.4 Å². The number of aliphatic carboxylic acids is 1. The van der Waals surface area contributed by atoms with Crippen LogP contribution in [0.1, 0.15) is 12.0 Å². The van der Waals surface area contributed by atoms with Crippen LogP contribution in [0, 0.1) is 29.5 Å². The van der Waals surface area contributed by atoms with Crippen molar-refractivity contribution in [1.29, 1.82) is 0 Å². The topological polar surface area (TPSA) is 64.9 Å². The maximum absolute atomic E-state index is 13.0. The zero-order valence-corrected chi connectivity index (χ0v) is 14.6. The summed E-state index contributed by atoms with van der Waals surface area (Å²) in [5.41, 5.74) is 1.08. The molecule has 1 heterocycles. The molecule has 138 valence electrons. The van der Waals surface area contributed by atoms with E-state index >= 15 is 0 Å². The van der Waals surface area contributed by atoms with Crippen LogP contribution < -0.4 is 10.0 Å². The molecule has 1 aliphatic heterocycles. The van der Waals surface area contributed by atoms with E-state index in [0.29, 0.717) is 13.1 Å². The van der Waals surface area contributed by atoms with E-state index in [4.69, 9.17) is 0 Å². The number of nitrogens with one attached hydrogen (secondary N) is 1. The first-order chi connectivity index (χ1) is 12.5. The molecular weight excluding hydrogens is 335 g/mol. The molecule has 2 fully saturated rings. The molecule has 0 unspecified atom stereocenters. The van der Waals surface area contributed by atoms with E-state index < -0.39 is 17.8 Å². The highest BCUT2D eigenvalue weighted by molar-refractivity contribution is 5.86. The van der Waals surface area contributed by atoms with Crippen LogP contribution in [0.5, 0.6) is 0 Å². The molecule has 4 rings (SSSR count). The van der Waals surface area contributed by atoms with Crippen molar-refractivity contribution in [2.24, 2.45) is 23.7 Å². The van der Waals surface area contributed by atoms with Gasteiger partial charge in [0, 0.05) is 17.5 Å². The van der Waals surface area contributed by atoms with Gasteiger partial charge in [0.15, 0.2) is 0 Å². The third-order valence-corrected chi connectivity index (χ3v) is 6.17. The first kappa shape index (κ1) is 17.2. The van der Waals surface area contributed by atoms with Gasteiger partial charge in [0.05, 0.1) is 32.1 Å². The molecule has 1 saturated heterocycles. The lowest BCUT2D eigenvalue weighted by atomic mass is 9.82. The lowest BCUT2D eigenvalue weighted by Crippen LogP contribution is -3.13. The normalized spacial score (nSPS) is 30.7. The van der Waals surface area contributed by atoms with Crippen molar-refractivity contribution in [3.63, 3.8) is 0 Å². The predicted molar refractivity (Wildman–Crippen MR) is 90.1 cm³/mol. The van der Waals surface area contributed by atoms with Crippen molar-refractivity contribution in [3.05, 3.63) is 47.8 Å². The molecule has 26 heavy (non-hydrogen) atoms. The average Bonchev–Trinajstić information content (AvgIpc) is 3.25. The molecule has 4 atom stereocenters. The van der Waals surface area contributed by atoms with Crippen molar-refractivity contribution in [3.8, 4) is 0 Å². The number of allylic oxidation sites excluding steroid dienone is 2. The van der Waals surface area contributed by atoms with Gasteiger partial charge in [-0.1, -0.05) is 24.3 Å². The highest BCUT2D eigenvalue weighted by Crippen LogP contribution is 2.48. The molecule has 2 aliphatic carbocycles. The Morgan fingerprint density at radius 2 is 1.69 bits per heavy atom. The van der Waals surface area contributed by atoms with Gasteiger partial charge in [-0.2, -0.15) is 0 Å². The summed E-state index contributed by atoms with van der Waals surface area (Å²) in [5.74, 6) is -2.51. The Morgan fingerprint density at radius 3 is 2.31 bits per heavy atom. The number of piperazine rings is 1. The number of carboxylic acid groups (broad SMARTS) is 1. The van der Waals surface area contributed by atoms with Crippen LogP contribution >= 0.6 is 0 Å². The monoisotopic (exact) mass is 358 g/mol. The van der Waals surface area contributed by atoms with E-state index in [-0.39, 0.29) is 23.6 Å². The summed E-state index contributed by atoms with van der Waals surface area (Å²) in [6, 6.07) is 6.53. The SMILES string of the molecule is O=C([O-])[C@H]1[C@H](C(=O)N2CC[NH+](Cc3ccc(F)cc3)CC2)[C@H]2C=C[C@@H]1C2. The summed E-state index contributed by atoms with van der Waals surface area (Å²) in [5, 5.41) is 11.5. The van der Waals surface area contributed by atoms with Gasteiger partial charge in [-0.3, -0.25) is 4.79 Å². The molecule has 2 bridgehead atoms. The van der Waals surface area contributed by atoms with E-state index in [0.717, 1.165) is 31.6 Å². The van der Waals surface area contributed by atoms with Gasteiger partial charge in [0.25, 0.3) is 0 Å². The fourth-order valence-electron chi connectivity index (χ4n) is 4.80. The molecule has 0 aromatic heterocycles. The summed E-state index contributed by atoms with van der Waals surface area (Å²) in [6.45, 7) is 3.70. The van der Waals surface area contributed by atoms with Gasteiger partial charge < -0.3 is 19.7 Å². The summed E-state index contributed by atoms with van der Waals surface area (Å²) < 4.78 is 13.0. The fraction of sp³-hybridized carbons (Fsp3) is 0.500. The van der Waals surface area contributed by atoms with E-state index in [2.05, 4.69) is 0 Å². The van der Waals surface area contributed by atoms with Crippen LogP contribution in [0.25, 0.3) is 0 Å². The zero-order chi connectivity index (χ0) is 18.3. The van der Waals surface area contributed by atoms with Crippen molar-refractivity contribution < 1.29 is 24.0 Å². The lowest BCUT2D eigenvalue weighted by molar-refractivity contribution is -0.917. The molecule has 1 N–H and O–H groups in total. The van der Waals surface area contributed by atoms with Crippen LogP contribution in [0.3, 0.4) is 0 Å². The first-order valence-corrected chi connectivity index (χ1v) is 9.29. The number of carbonyl (C=O) groups is 2. The number of hydrogen-bond acceptors (Lipinski definition) is 3. The molecule has 1 amide bonds. The van der Waals surface area contributed by atoms with Crippen LogP contribution in [-0.2, 0) is 16.1 Å². The number of carboxylic acids is 1. The first-order valence-electron chi connectivity index (χ1n) is 9.29. The van der Waals surface area contributed by atoms with E-state index in [9.17, 15) is 19.1 Å². The van der Waals surface area contributed by atoms with Gasteiger partial charge in [-0.25, -0.2) is 4.39 Å². The number of benzene rings is 1. The quantitative estimate of drug-likeness (QED) is 0.720. The maximum atomic E-state index is 13.0. The number of carbonyl (C=O) groups excluding carboxylic acids is 2. The van der Waals surface area contributed by atoms with E-state index in [1.165, 1.54) is 17.0 Å². The number of quaternary nitrogens is 1. The largest absolute Gasteiger partial charge is 0.550 e. The molecule has 5 nitrogen and oxygen atoms in total. The van der Waals surface area contributed by atoms with Crippen molar-refractivity contribution in [2.75, 3.05) is 26.2 Å². The van der Waals surface area contributed by atoms with Crippen molar-refractivity contribution in [1.82, 2.24) is 4.90 Å². The van der Waals surface area contributed by atoms with Gasteiger partial charge >= 0.3 is 0 Å². The minimum atomic E-state index is -1.10. The number of halogens is 1. The molecule has 1 aromatic rings. The van der Waals surface area contributed by atoms with Crippen LogP contribution in [0.2, 0.25) is 0 Å². The number of fused-ring (bicyclic) bond motifs is 2. The van der Waals surface area contributed by atoms with Crippen molar-refractivity contribution >= 4 is 11.9 Å². The third-order valence-electron chi connectivity index (χ3n) is 6.17. The minimum Gasteiger partial charge on any atom is -0.550 e. The summed E-state index contributed by atoms with van der Waals surface area (Å²) in [6.07, 6.45) is 4.69. The maximum Gasteiger partial charge on any atom is 0.227 e. The fourth-order valence-corrected chi connectivity index (χ4v) is 4.80. The molecule has 3 aliphatic rings. The minimum absolute atomic E-state index is 0.0307. The Kier molecular flexibility index (Phi) is 4.53. The Morgan fingerprint density at radius 1 is 1.08 bits per heavy atom. The Hall–Kier alpha value is -2.21. The standard InChI is InChI=1S/C20H23FN2O3/c21-16-5-1-13(2-6-16)12-22-7-9-23(10-8-22)19(24)17-14-3-4-15(11-14)18(17)20(25)26/h1-6,14-15,17-18H,7-12H2,(H,25,26)/t14-,15+,17+,18+/m0/s1. The van der Waals surface area contributed by atoms with E-state index in [1.807, 2.05) is 17.1 Å². The zero-order valence-electron chi connectivity index (χ0n) is 14.6. The van der Waals surface area contributed by atoms with Crippen LogP contribution in [-0.4, -0.2) is 43.0 Å². The highest BCUT2D eigenvalue weighted by Gasteiger charge is 2.50. The number of amides is 1. The van der Waals surface area contributed by atoms with Crippen LogP contribution in [0.4, 0.5) is 4.39 Å². The molecule has 1 aromatic carbocycles. The molecule has 6 heteroatoms. The van der Waals surface area contributed by atoms with Gasteiger partial charge in [-0.15, -0.1) is 0 Å². The molecular formula is C20H23FN2O3. The Bertz CT molecular complexity index is 725. The molecule has 1 saturated carbocycles. The molecule has 0 spiro atoms. The average molecular weight is 358 g/mol. The number of hydrogen-bond donors (Lipinski definition) is 1. The van der Waals surface area contributed by atoms with E-state index in [1.54, 1.807) is 12.1 Å². The highest BCUT2D eigenvalue weighted by atomic mass is 19.1. The van der Waals surface area contributed by atoms with Gasteiger partial charge in [0.2, 0.25) is 5.91 Å². The Labute approximate surface area is 152 Å². The Balaban J connectivity index is 1.36. The second kappa shape index (κ2) is 6.83. The van der Waals surface area contributed by atoms with Gasteiger partial charge in [0.1, 0.15) is 12.4 Å². The molecule has 0 radical (unpaired) electrons. The summed E-state index contributed by atoms with van der Waals surface area (Å²) >= 11 is 0. The third kappa shape index (κ3) is 3.14. The predicted octanol–water partition coefficient (Wildman–Crippen LogP) is -0.759. The summed E-state index contributed by atoms with van der Waals surface area (Å²) in [4.78, 5) is 27.7. The summed E-state index contributed by atoms with van der Waals surface area (Å²) in [7, 11) is 0. The second-order valence-electron chi connectivity index (χ2n) is 7.70. The number of nitrogens with zero attached hydrogens (tertiary/aromatic N) is 1.